The van der Waals surface area contributed by atoms with Crippen LogP contribution in [-0.4, -0.2) is 6.54 Å². The van der Waals surface area contributed by atoms with E-state index in [-0.39, 0.29) is 5.69 Å². The highest BCUT2D eigenvalue weighted by Gasteiger charge is 2.33. The van der Waals surface area contributed by atoms with Crippen LogP contribution >= 0.6 is 15.9 Å². The van der Waals surface area contributed by atoms with Crippen molar-refractivity contribution in [2.45, 2.75) is 19.0 Å². The van der Waals surface area contributed by atoms with Crippen LogP contribution in [0.5, 0.6) is 0 Å². The molecule has 0 aliphatic carbocycles. The van der Waals surface area contributed by atoms with Gasteiger partial charge in [0.15, 0.2) is 0 Å². The number of anilines is 1. The van der Waals surface area contributed by atoms with Gasteiger partial charge in [-0.15, -0.1) is 6.58 Å². The average molecular weight is 308 g/mol. The predicted octanol–water partition coefficient (Wildman–Crippen LogP) is 4.85. The Kier molecular flexibility index (Phi) is 5.05. The third kappa shape index (κ3) is 4.42. The molecule has 0 bridgehead atoms. The van der Waals surface area contributed by atoms with Crippen molar-refractivity contribution in [3.05, 3.63) is 40.9 Å². The molecule has 0 aromatic heterocycles. The number of hydrogen-bond donors (Lipinski definition) is 1. The molecule has 94 valence electrons. The second-order valence-electron chi connectivity index (χ2n) is 3.55. The number of benzene rings is 1. The fraction of sp³-hybridized carbons (Fsp3) is 0.333. The van der Waals surface area contributed by atoms with Gasteiger partial charge in [-0.3, -0.25) is 0 Å². The Morgan fingerprint density at radius 2 is 2.06 bits per heavy atom. The first-order chi connectivity index (χ1) is 7.95. The van der Waals surface area contributed by atoms with Gasteiger partial charge in [0.1, 0.15) is 0 Å². The number of rotatable bonds is 5. The van der Waals surface area contributed by atoms with E-state index in [2.05, 4.69) is 27.8 Å². The van der Waals surface area contributed by atoms with Crippen molar-refractivity contribution in [3.63, 3.8) is 0 Å². The van der Waals surface area contributed by atoms with Crippen LogP contribution in [0.4, 0.5) is 18.9 Å². The number of allylic oxidation sites excluding steroid dienone is 1. The van der Waals surface area contributed by atoms with E-state index in [1.807, 2.05) is 0 Å². The van der Waals surface area contributed by atoms with Gasteiger partial charge >= 0.3 is 6.18 Å². The van der Waals surface area contributed by atoms with Gasteiger partial charge < -0.3 is 5.32 Å². The third-order valence-electron chi connectivity index (χ3n) is 2.19. The summed E-state index contributed by atoms with van der Waals surface area (Å²) in [4.78, 5) is 0. The molecule has 0 heterocycles. The van der Waals surface area contributed by atoms with E-state index in [1.54, 1.807) is 12.1 Å². The Bertz CT molecular complexity index is 388. The molecule has 1 aromatic carbocycles. The molecule has 0 saturated carbocycles. The zero-order valence-electron chi connectivity index (χ0n) is 9.15. The van der Waals surface area contributed by atoms with E-state index < -0.39 is 11.7 Å². The maximum atomic E-state index is 12.7. The molecule has 1 nitrogen and oxygen atoms in total. The molecule has 0 radical (unpaired) electrons. The Labute approximate surface area is 107 Å². The monoisotopic (exact) mass is 307 g/mol. The molecule has 0 atom stereocenters. The van der Waals surface area contributed by atoms with Crippen molar-refractivity contribution in [2.75, 3.05) is 11.9 Å². The van der Waals surface area contributed by atoms with Gasteiger partial charge in [-0.1, -0.05) is 22.0 Å². The fourth-order valence-corrected chi connectivity index (χ4v) is 1.74. The smallest absolute Gasteiger partial charge is 0.385 e. The summed E-state index contributed by atoms with van der Waals surface area (Å²) in [5.74, 6) is 0. The molecule has 0 aliphatic heterocycles. The highest BCUT2D eigenvalue weighted by molar-refractivity contribution is 9.10. The van der Waals surface area contributed by atoms with Crippen LogP contribution in [-0.2, 0) is 6.18 Å². The van der Waals surface area contributed by atoms with Gasteiger partial charge in [-0.05, 0) is 31.0 Å². The van der Waals surface area contributed by atoms with Gasteiger partial charge in [0.25, 0.3) is 0 Å². The highest BCUT2D eigenvalue weighted by Crippen LogP contribution is 2.36. The van der Waals surface area contributed by atoms with Crippen LogP contribution in [0.1, 0.15) is 18.4 Å². The van der Waals surface area contributed by atoms with E-state index in [4.69, 9.17) is 0 Å². The highest BCUT2D eigenvalue weighted by atomic mass is 79.9. The van der Waals surface area contributed by atoms with Gasteiger partial charge in [0.05, 0.1) is 5.56 Å². The summed E-state index contributed by atoms with van der Waals surface area (Å²) in [5, 5.41) is 2.79. The number of hydrogen-bond acceptors (Lipinski definition) is 1. The standard InChI is InChI=1S/C12H13BrF3N/c1-2-3-4-7-17-11-6-5-9(13)8-10(11)12(14,15)16/h2,5-6,8,17H,1,3-4,7H2. The molecular formula is C12H13BrF3N. The number of nitrogens with one attached hydrogen (secondary N) is 1. The van der Waals surface area contributed by atoms with E-state index in [1.165, 1.54) is 6.07 Å². The number of alkyl halides is 3. The lowest BCUT2D eigenvalue weighted by atomic mass is 10.1. The molecule has 1 aromatic rings. The number of halogens is 4. The van der Waals surface area contributed by atoms with Crippen molar-refractivity contribution in [2.24, 2.45) is 0 Å². The van der Waals surface area contributed by atoms with Crippen molar-refractivity contribution in [3.8, 4) is 0 Å². The van der Waals surface area contributed by atoms with E-state index in [9.17, 15) is 13.2 Å². The topological polar surface area (TPSA) is 12.0 Å². The fourth-order valence-electron chi connectivity index (χ4n) is 1.37. The zero-order chi connectivity index (χ0) is 12.9. The van der Waals surface area contributed by atoms with Gasteiger partial charge in [0, 0.05) is 16.7 Å². The Morgan fingerprint density at radius 1 is 1.35 bits per heavy atom. The molecular weight excluding hydrogens is 295 g/mol. The largest absolute Gasteiger partial charge is 0.418 e. The Hall–Kier alpha value is -0.970. The summed E-state index contributed by atoms with van der Waals surface area (Å²) in [6.07, 6.45) is -1.06. The minimum atomic E-state index is -4.34. The van der Waals surface area contributed by atoms with Crippen molar-refractivity contribution in [1.29, 1.82) is 0 Å². The van der Waals surface area contributed by atoms with Gasteiger partial charge in [0.2, 0.25) is 0 Å². The summed E-state index contributed by atoms with van der Waals surface area (Å²) in [5.41, 5.74) is -0.532. The maximum Gasteiger partial charge on any atom is 0.418 e. The first-order valence-electron chi connectivity index (χ1n) is 5.16. The molecule has 1 N–H and O–H groups in total. The summed E-state index contributed by atoms with van der Waals surface area (Å²) < 4.78 is 38.6. The Balaban J connectivity index is 2.80. The molecule has 0 aliphatic rings. The van der Waals surface area contributed by atoms with Gasteiger partial charge in [-0.2, -0.15) is 13.2 Å². The molecule has 0 fully saturated rings. The van der Waals surface area contributed by atoms with E-state index in [0.717, 1.165) is 18.9 Å². The summed E-state index contributed by atoms with van der Waals surface area (Å²) >= 11 is 3.04. The normalized spacial score (nSPS) is 11.3. The average Bonchev–Trinajstić information content (AvgIpc) is 2.25. The number of unbranched alkanes of at least 4 members (excludes halogenated alkanes) is 1. The minimum Gasteiger partial charge on any atom is -0.385 e. The predicted molar refractivity (Wildman–Crippen MR) is 67.1 cm³/mol. The van der Waals surface area contributed by atoms with Crippen molar-refractivity contribution < 1.29 is 13.2 Å². The molecule has 17 heavy (non-hydrogen) atoms. The summed E-state index contributed by atoms with van der Waals surface area (Å²) in [7, 11) is 0. The molecule has 0 unspecified atom stereocenters. The molecule has 0 spiro atoms. The van der Waals surface area contributed by atoms with Crippen molar-refractivity contribution >= 4 is 21.6 Å². The Morgan fingerprint density at radius 3 is 2.65 bits per heavy atom. The van der Waals surface area contributed by atoms with E-state index >= 15 is 0 Å². The zero-order valence-corrected chi connectivity index (χ0v) is 10.7. The maximum absolute atomic E-state index is 12.7. The lowest BCUT2D eigenvalue weighted by molar-refractivity contribution is -0.137. The van der Waals surface area contributed by atoms with Crippen LogP contribution in [0.2, 0.25) is 0 Å². The molecule has 0 saturated heterocycles. The van der Waals surface area contributed by atoms with Crippen LogP contribution in [0.3, 0.4) is 0 Å². The molecule has 1 rings (SSSR count). The van der Waals surface area contributed by atoms with Crippen LogP contribution in [0.15, 0.2) is 35.3 Å². The van der Waals surface area contributed by atoms with Gasteiger partial charge in [-0.25, -0.2) is 0 Å². The second kappa shape index (κ2) is 6.10. The first-order valence-corrected chi connectivity index (χ1v) is 5.96. The second-order valence-corrected chi connectivity index (χ2v) is 4.46. The molecule has 5 heteroatoms. The van der Waals surface area contributed by atoms with Crippen LogP contribution < -0.4 is 5.32 Å². The summed E-state index contributed by atoms with van der Waals surface area (Å²) in [6, 6.07) is 4.10. The third-order valence-corrected chi connectivity index (χ3v) is 2.68. The SMILES string of the molecule is C=CCCCNc1ccc(Br)cc1C(F)(F)F. The quantitative estimate of drug-likeness (QED) is 0.606. The van der Waals surface area contributed by atoms with Crippen LogP contribution in [0, 0.1) is 0 Å². The van der Waals surface area contributed by atoms with E-state index in [0.29, 0.717) is 11.0 Å². The van der Waals surface area contributed by atoms with Crippen LogP contribution in [0.25, 0.3) is 0 Å². The minimum absolute atomic E-state index is 0.116. The first kappa shape index (κ1) is 14.1. The lowest BCUT2D eigenvalue weighted by Gasteiger charge is -2.14. The lowest BCUT2D eigenvalue weighted by Crippen LogP contribution is -2.11. The molecule has 0 amide bonds. The van der Waals surface area contributed by atoms with Crippen molar-refractivity contribution in [1.82, 2.24) is 0 Å². The summed E-state index contributed by atoms with van der Waals surface area (Å²) in [6.45, 7) is 4.06.